The Morgan fingerprint density at radius 3 is 2.80 bits per heavy atom. The number of fused-ring (bicyclic) bond motifs is 1. The average Bonchev–Trinajstić information content (AvgIpc) is 2.61. The Bertz CT molecular complexity index is 529. The zero-order chi connectivity index (χ0) is 11.0. The van der Waals surface area contributed by atoms with E-state index in [1.165, 1.54) is 13.2 Å². The van der Waals surface area contributed by atoms with Gasteiger partial charge in [-0.1, -0.05) is 0 Å². The molecule has 1 aromatic carbocycles. The van der Waals surface area contributed by atoms with Crippen molar-refractivity contribution in [1.82, 2.24) is 0 Å². The minimum atomic E-state index is -1.12. The maximum atomic E-state index is 10.7. The van der Waals surface area contributed by atoms with E-state index in [0.29, 0.717) is 22.4 Å². The lowest BCUT2D eigenvalue weighted by molar-refractivity contribution is 0.0665. The highest BCUT2D eigenvalue weighted by Gasteiger charge is 2.13. The van der Waals surface area contributed by atoms with E-state index >= 15 is 0 Å². The molecule has 1 heterocycles. The van der Waals surface area contributed by atoms with Crippen LogP contribution in [0, 0.1) is 0 Å². The largest absolute Gasteiger partial charge is 0.497 e. The number of furan rings is 1. The summed E-state index contributed by atoms with van der Waals surface area (Å²) in [6, 6.07) is 4.66. The fourth-order valence-corrected chi connectivity index (χ4v) is 1.37. The number of hydrogen-bond donors (Lipinski definition) is 2. The van der Waals surface area contributed by atoms with Crippen molar-refractivity contribution in [2.45, 2.75) is 0 Å². The molecule has 0 saturated heterocycles. The number of hydrogen-bond acceptors (Lipinski definition) is 4. The molecule has 0 atom stereocenters. The van der Waals surface area contributed by atoms with Crippen LogP contribution < -0.4 is 10.5 Å². The first-order valence-electron chi connectivity index (χ1n) is 4.22. The summed E-state index contributed by atoms with van der Waals surface area (Å²) in [5.74, 6) is -0.688. The molecular formula is C10H9NO4. The van der Waals surface area contributed by atoms with Gasteiger partial charge in [-0.2, -0.15) is 0 Å². The number of carboxylic acid groups (broad SMARTS) is 1. The summed E-state index contributed by atoms with van der Waals surface area (Å²) in [7, 11) is 1.51. The SMILES string of the molecule is COc1cc(N)c2oc(C(=O)O)cc2c1. The third kappa shape index (κ3) is 1.48. The van der Waals surface area contributed by atoms with Crippen LogP contribution in [0.4, 0.5) is 5.69 Å². The Kier molecular flexibility index (Phi) is 2.00. The fourth-order valence-electron chi connectivity index (χ4n) is 1.37. The van der Waals surface area contributed by atoms with Crippen LogP contribution in [0.15, 0.2) is 22.6 Å². The number of nitrogen functional groups attached to an aromatic ring is 1. The molecular weight excluding hydrogens is 198 g/mol. The van der Waals surface area contributed by atoms with Crippen LogP contribution in [0.1, 0.15) is 10.6 Å². The summed E-state index contributed by atoms with van der Waals surface area (Å²) in [4.78, 5) is 10.7. The number of ether oxygens (including phenoxy) is 1. The zero-order valence-corrected chi connectivity index (χ0v) is 7.98. The van der Waals surface area contributed by atoms with Crippen molar-refractivity contribution in [1.29, 1.82) is 0 Å². The molecule has 5 nitrogen and oxygen atoms in total. The summed E-state index contributed by atoms with van der Waals surface area (Å²) < 4.78 is 10.1. The minimum Gasteiger partial charge on any atom is -0.497 e. The molecule has 78 valence electrons. The van der Waals surface area contributed by atoms with Gasteiger partial charge in [-0.25, -0.2) is 4.79 Å². The molecule has 0 fully saturated rings. The fraction of sp³-hybridized carbons (Fsp3) is 0.100. The molecule has 0 saturated carbocycles. The predicted molar refractivity (Wildman–Crippen MR) is 54.1 cm³/mol. The third-order valence-electron chi connectivity index (χ3n) is 2.07. The minimum absolute atomic E-state index is 0.134. The normalized spacial score (nSPS) is 10.5. The molecule has 2 rings (SSSR count). The number of methoxy groups -OCH3 is 1. The molecule has 0 aliphatic rings. The molecule has 0 radical (unpaired) electrons. The first-order valence-corrected chi connectivity index (χ1v) is 4.22. The molecule has 15 heavy (non-hydrogen) atoms. The molecule has 0 spiro atoms. The van der Waals surface area contributed by atoms with Gasteiger partial charge in [0, 0.05) is 11.5 Å². The Hall–Kier alpha value is -2.17. The van der Waals surface area contributed by atoms with Gasteiger partial charge in [0.1, 0.15) is 5.75 Å². The van der Waals surface area contributed by atoms with Gasteiger partial charge < -0.3 is 20.0 Å². The van der Waals surface area contributed by atoms with E-state index in [0.717, 1.165) is 0 Å². The maximum Gasteiger partial charge on any atom is 0.371 e. The molecule has 5 heteroatoms. The van der Waals surface area contributed by atoms with E-state index in [1.807, 2.05) is 0 Å². The van der Waals surface area contributed by atoms with Crippen molar-refractivity contribution in [3.05, 3.63) is 24.0 Å². The predicted octanol–water partition coefficient (Wildman–Crippen LogP) is 1.72. The van der Waals surface area contributed by atoms with Crippen LogP contribution in [0.2, 0.25) is 0 Å². The number of aromatic carboxylic acids is 1. The van der Waals surface area contributed by atoms with E-state index in [2.05, 4.69) is 0 Å². The third-order valence-corrected chi connectivity index (χ3v) is 2.07. The number of anilines is 1. The van der Waals surface area contributed by atoms with E-state index < -0.39 is 5.97 Å². The van der Waals surface area contributed by atoms with Crippen molar-refractivity contribution >= 4 is 22.6 Å². The highest BCUT2D eigenvalue weighted by molar-refractivity contribution is 5.96. The zero-order valence-electron chi connectivity index (χ0n) is 7.98. The van der Waals surface area contributed by atoms with E-state index in [1.54, 1.807) is 12.1 Å². The standard InChI is InChI=1S/C10H9NO4/c1-14-6-2-5-3-8(10(12)13)15-9(5)7(11)4-6/h2-4H,11H2,1H3,(H,12,13). The van der Waals surface area contributed by atoms with Crippen LogP contribution in [-0.2, 0) is 0 Å². The number of rotatable bonds is 2. The van der Waals surface area contributed by atoms with Crippen molar-refractivity contribution in [2.24, 2.45) is 0 Å². The van der Waals surface area contributed by atoms with Crippen molar-refractivity contribution in [3.8, 4) is 5.75 Å². The topological polar surface area (TPSA) is 85.7 Å². The van der Waals surface area contributed by atoms with E-state index in [-0.39, 0.29) is 5.76 Å². The number of carbonyl (C=O) groups is 1. The number of benzene rings is 1. The Morgan fingerprint density at radius 1 is 1.47 bits per heavy atom. The van der Waals surface area contributed by atoms with Crippen molar-refractivity contribution in [2.75, 3.05) is 12.8 Å². The van der Waals surface area contributed by atoms with Crippen LogP contribution in [0.5, 0.6) is 5.75 Å². The second-order valence-corrected chi connectivity index (χ2v) is 3.05. The lowest BCUT2D eigenvalue weighted by Gasteiger charge is -2.00. The quantitative estimate of drug-likeness (QED) is 0.732. The molecule has 2 aromatic rings. The van der Waals surface area contributed by atoms with Crippen LogP contribution >= 0.6 is 0 Å². The molecule has 0 bridgehead atoms. The smallest absolute Gasteiger partial charge is 0.371 e. The van der Waals surface area contributed by atoms with Crippen molar-refractivity contribution < 1.29 is 19.1 Å². The molecule has 0 aliphatic carbocycles. The second-order valence-electron chi connectivity index (χ2n) is 3.05. The first-order chi connectivity index (χ1) is 7.11. The Morgan fingerprint density at radius 2 is 2.20 bits per heavy atom. The molecule has 0 unspecified atom stereocenters. The van der Waals surface area contributed by atoms with Crippen LogP contribution in [0.3, 0.4) is 0 Å². The van der Waals surface area contributed by atoms with Gasteiger partial charge in [0.05, 0.1) is 12.8 Å². The number of nitrogens with two attached hydrogens (primary N) is 1. The first kappa shape index (κ1) is 9.39. The summed E-state index contributed by atoms with van der Waals surface area (Å²) >= 11 is 0. The lowest BCUT2D eigenvalue weighted by Crippen LogP contribution is -1.91. The summed E-state index contributed by atoms with van der Waals surface area (Å²) in [6.07, 6.45) is 0. The van der Waals surface area contributed by atoms with E-state index in [9.17, 15) is 4.79 Å². The van der Waals surface area contributed by atoms with Gasteiger partial charge in [-0.05, 0) is 12.1 Å². The highest BCUT2D eigenvalue weighted by Crippen LogP contribution is 2.29. The Labute approximate surface area is 85.0 Å². The Balaban J connectivity index is 2.69. The summed E-state index contributed by atoms with van der Waals surface area (Å²) in [5, 5.41) is 9.35. The average molecular weight is 207 g/mol. The van der Waals surface area contributed by atoms with Crippen LogP contribution in [-0.4, -0.2) is 18.2 Å². The molecule has 0 amide bonds. The molecule has 0 aliphatic heterocycles. The maximum absolute atomic E-state index is 10.7. The monoisotopic (exact) mass is 207 g/mol. The van der Waals surface area contributed by atoms with Gasteiger partial charge >= 0.3 is 5.97 Å². The van der Waals surface area contributed by atoms with Gasteiger partial charge in [-0.3, -0.25) is 0 Å². The highest BCUT2D eigenvalue weighted by atomic mass is 16.5. The van der Waals surface area contributed by atoms with Gasteiger partial charge in [0.2, 0.25) is 5.76 Å². The summed E-state index contributed by atoms with van der Waals surface area (Å²) in [5.41, 5.74) is 6.41. The van der Waals surface area contributed by atoms with Crippen molar-refractivity contribution in [3.63, 3.8) is 0 Å². The lowest BCUT2D eigenvalue weighted by atomic mass is 10.2. The van der Waals surface area contributed by atoms with Gasteiger partial charge in [0.15, 0.2) is 5.58 Å². The van der Waals surface area contributed by atoms with Crippen LogP contribution in [0.25, 0.3) is 11.0 Å². The summed E-state index contributed by atoms with van der Waals surface area (Å²) in [6.45, 7) is 0. The second kappa shape index (κ2) is 3.20. The van der Waals surface area contributed by atoms with E-state index in [4.69, 9.17) is 20.0 Å². The molecule has 1 aromatic heterocycles. The number of carboxylic acids is 1. The van der Waals surface area contributed by atoms with Gasteiger partial charge in [-0.15, -0.1) is 0 Å². The molecule has 3 N–H and O–H groups in total. The van der Waals surface area contributed by atoms with Gasteiger partial charge in [0.25, 0.3) is 0 Å².